The lowest BCUT2D eigenvalue weighted by Gasteiger charge is -2.41. The number of benzene rings is 2. The van der Waals surface area contributed by atoms with Crippen LogP contribution in [-0.2, 0) is 16.0 Å². The summed E-state index contributed by atoms with van der Waals surface area (Å²) in [4.78, 5) is 39.9. The van der Waals surface area contributed by atoms with E-state index in [1.165, 1.54) is 30.2 Å². The van der Waals surface area contributed by atoms with Crippen molar-refractivity contribution in [3.63, 3.8) is 0 Å². The maximum Gasteiger partial charge on any atom is 0.247 e. The van der Waals surface area contributed by atoms with E-state index in [4.69, 9.17) is 9.47 Å². The molecule has 2 aliphatic rings. The van der Waals surface area contributed by atoms with Gasteiger partial charge in [-0.2, -0.15) is 0 Å². The molecule has 4 unspecified atom stereocenters. The van der Waals surface area contributed by atoms with E-state index in [9.17, 15) is 29.0 Å². The van der Waals surface area contributed by atoms with Gasteiger partial charge in [-0.05, 0) is 48.7 Å². The Hall–Kier alpha value is -4.02. The molecule has 0 radical (unpaired) electrons. The molecular weight excluding hydrogens is 519 g/mol. The summed E-state index contributed by atoms with van der Waals surface area (Å²) in [6.45, 7) is 3.54. The lowest BCUT2D eigenvalue weighted by molar-refractivity contribution is -0.137. The van der Waals surface area contributed by atoms with Crippen molar-refractivity contribution < 1.29 is 38.5 Å². The third kappa shape index (κ3) is 5.93. The predicted molar refractivity (Wildman–Crippen MR) is 145 cm³/mol. The summed E-state index contributed by atoms with van der Waals surface area (Å²) in [5, 5.41) is 23.6. The number of ether oxygens (including phenoxy) is 2. The number of carbonyl (C=O) groups excluding carboxylic acids is 3. The molecule has 0 bridgehead atoms. The molecule has 9 nitrogen and oxygen atoms in total. The zero-order valence-corrected chi connectivity index (χ0v) is 22.2. The van der Waals surface area contributed by atoms with E-state index in [0.717, 1.165) is 0 Å². The first kappa shape index (κ1) is 29.0. The smallest absolute Gasteiger partial charge is 0.247 e. The summed E-state index contributed by atoms with van der Waals surface area (Å²) < 4.78 is 25.4. The molecule has 3 N–H and O–H groups in total. The summed E-state index contributed by atoms with van der Waals surface area (Å²) in [6.07, 6.45) is 2.44. The van der Waals surface area contributed by atoms with Crippen LogP contribution in [0.25, 0.3) is 0 Å². The van der Waals surface area contributed by atoms with Gasteiger partial charge < -0.3 is 29.9 Å². The molecule has 1 aliphatic heterocycles. The van der Waals surface area contributed by atoms with Gasteiger partial charge in [0.05, 0.1) is 25.7 Å². The third-order valence-electron chi connectivity index (χ3n) is 7.18. The number of nitrogens with one attached hydrogen (secondary N) is 1. The van der Waals surface area contributed by atoms with E-state index in [1.54, 1.807) is 30.4 Å². The van der Waals surface area contributed by atoms with Crippen LogP contribution in [0, 0.1) is 5.82 Å². The molecule has 1 heterocycles. The zero-order valence-electron chi connectivity index (χ0n) is 22.2. The lowest BCUT2D eigenvalue weighted by atomic mass is 9.77. The largest absolute Gasteiger partial charge is 0.493 e. The normalized spacial score (nSPS) is 20.9. The van der Waals surface area contributed by atoms with Gasteiger partial charge in [-0.1, -0.05) is 18.2 Å². The molecule has 2 aromatic carbocycles. The van der Waals surface area contributed by atoms with Gasteiger partial charge in [-0.15, -0.1) is 6.58 Å². The van der Waals surface area contributed by atoms with Crippen LogP contribution in [0.15, 0.2) is 60.7 Å². The minimum absolute atomic E-state index is 0.00621. The van der Waals surface area contributed by atoms with Gasteiger partial charge in [0.25, 0.3) is 0 Å². The van der Waals surface area contributed by atoms with Gasteiger partial charge >= 0.3 is 0 Å². The average molecular weight is 553 g/mol. The van der Waals surface area contributed by atoms with Crippen LogP contribution in [0.5, 0.6) is 11.5 Å². The number of allylic oxidation sites excluding steroid dienone is 1. The quantitative estimate of drug-likeness (QED) is 0.273. The number of amides is 2. The van der Waals surface area contributed by atoms with Gasteiger partial charge in [0.2, 0.25) is 11.8 Å². The van der Waals surface area contributed by atoms with Crippen molar-refractivity contribution in [1.82, 2.24) is 10.2 Å². The van der Waals surface area contributed by atoms with Crippen molar-refractivity contribution in [1.29, 1.82) is 0 Å². The van der Waals surface area contributed by atoms with E-state index >= 15 is 0 Å². The van der Waals surface area contributed by atoms with Crippen molar-refractivity contribution >= 4 is 18.1 Å². The summed E-state index contributed by atoms with van der Waals surface area (Å²) >= 11 is 0. The predicted octanol–water partition coefficient (Wildman–Crippen LogP) is 2.31. The Morgan fingerprint density at radius 3 is 2.75 bits per heavy atom. The Balaban J connectivity index is 1.77. The average Bonchev–Trinajstić information content (AvgIpc) is 3.35. The number of aldehydes is 1. The highest BCUT2D eigenvalue weighted by molar-refractivity contribution is 5.96. The number of rotatable bonds is 12. The standard InChI is InChI=1S/C30H33FN2O7/c1-3-4-8-25(36)33(11-9-18-6-5-7-20(31)13-18)23-16-22(30(38)32-10-12-34)26-21-14-19(17-35)15-24(39-2)28(21)40-29(26)27(23)37/h3,5-7,13-17,23,26-27,29,34,37H,1,4,8-12H2,2H3,(H,32,38). The van der Waals surface area contributed by atoms with Gasteiger partial charge in [-0.25, -0.2) is 4.39 Å². The maximum absolute atomic E-state index is 13.8. The van der Waals surface area contributed by atoms with Gasteiger partial charge in [-0.3, -0.25) is 14.4 Å². The number of aliphatic hydroxyl groups is 2. The Morgan fingerprint density at radius 1 is 1.27 bits per heavy atom. The number of halogens is 1. The highest BCUT2D eigenvalue weighted by Gasteiger charge is 2.51. The topological polar surface area (TPSA) is 125 Å². The summed E-state index contributed by atoms with van der Waals surface area (Å²) in [7, 11) is 1.42. The molecule has 4 rings (SSSR count). The monoisotopic (exact) mass is 552 g/mol. The molecule has 2 aromatic rings. The van der Waals surface area contributed by atoms with E-state index in [0.29, 0.717) is 41.6 Å². The number of hydrogen-bond donors (Lipinski definition) is 3. The van der Waals surface area contributed by atoms with Crippen molar-refractivity contribution in [2.75, 3.05) is 26.8 Å². The molecule has 40 heavy (non-hydrogen) atoms. The van der Waals surface area contributed by atoms with Crippen LogP contribution in [0.2, 0.25) is 0 Å². The molecule has 212 valence electrons. The van der Waals surface area contributed by atoms with Crippen LogP contribution in [0.3, 0.4) is 0 Å². The molecule has 2 amide bonds. The van der Waals surface area contributed by atoms with Crippen molar-refractivity contribution in [3.8, 4) is 11.5 Å². The molecular formula is C30H33FN2O7. The SMILES string of the molecule is C=CCCC(=O)N(CCc1cccc(F)c1)C1C=C(C(=O)NCCO)C2c3cc(C=O)cc(OC)c3OC2C1O. The third-order valence-corrected chi connectivity index (χ3v) is 7.18. The maximum atomic E-state index is 13.8. The fourth-order valence-corrected chi connectivity index (χ4v) is 5.31. The first-order valence-corrected chi connectivity index (χ1v) is 13.1. The fraction of sp³-hybridized carbons (Fsp3) is 0.367. The van der Waals surface area contributed by atoms with Crippen LogP contribution < -0.4 is 14.8 Å². The molecule has 0 saturated carbocycles. The zero-order chi connectivity index (χ0) is 28.8. The van der Waals surface area contributed by atoms with Crippen molar-refractivity contribution in [2.45, 2.75) is 43.4 Å². The van der Waals surface area contributed by atoms with E-state index < -0.39 is 35.9 Å². The summed E-state index contributed by atoms with van der Waals surface area (Å²) in [6, 6.07) is 8.20. The molecule has 4 atom stereocenters. The Morgan fingerprint density at radius 2 is 2.08 bits per heavy atom. The highest BCUT2D eigenvalue weighted by atomic mass is 19.1. The van der Waals surface area contributed by atoms with Gasteiger partial charge in [0.1, 0.15) is 24.3 Å². The second kappa shape index (κ2) is 12.9. The molecule has 0 aromatic heterocycles. The highest BCUT2D eigenvalue weighted by Crippen LogP contribution is 2.51. The second-order valence-electron chi connectivity index (χ2n) is 9.70. The second-order valence-corrected chi connectivity index (χ2v) is 9.70. The molecule has 10 heteroatoms. The van der Waals surface area contributed by atoms with Gasteiger partial charge in [0, 0.05) is 36.2 Å². The summed E-state index contributed by atoms with van der Waals surface area (Å²) in [5.41, 5.74) is 1.71. The molecule has 0 spiro atoms. The number of aliphatic hydroxyl groups excluding tert-OH is 2. The minimum atomic E-state index is -1.25. The fourth-order valence-electron chi connectivity index (χ4n) is 5.31. The molecule has 1 aliphatic carbocycles. The first-order chi connectivity index (χ1) is 19.3. The van der Waals surface area contributed by atoms with Crippen molar-refractivity contribution in [2.24, 2.45) is 0 Å². The number of nitrogens with zero attached hydrogens (tertiary/aromatic N) is 1. The summed E-state index contributed by atoms with van der Waals surface area (Å²) in [5.74, 6) is -1.36. The van der Waals surface area contributed by atoms with Crippen LogP contribution in [0.1, 0.15) is 40.2 Å². The molecule has 0 fully saturated rings. The van der Waals surface area contributed by atoms with E-state index in [-0.39, 0.29) is 43.3 Å². The Labute approximate surface area is 231 Å². The minimum Gasteiger partial charge on any atom is -0.493 e. The number of hydrogen-bond acceptors (Lipinski definition) is 7. The van der Waals surface area contributed by atoms with Crippen LogP contribution >= 0.6 is 0 Å². The lowest BCUT2D eigenvalue weighted by Crippen LogP contribution is -2.56. The van der Waals surface area contributed by atoms with Crippen LogP contribution in [-0.4, -0.2) is 78.3 Å². The Bertz CT molecular complexity index is 1310. The molecule has 0 saturated heterocycles. The number of fused-ring (bicyclic) bond motifs is 3. The van der Waals surface area contributed by atoms with E-state index in [1.807, 2.05) is 0 Å². The van der Waals surface area contributed by atoms with E-state index in [2.05, 4.69) is 11.9 Å². The number of methoxy groups -OCH3 is 1. The van der Waals surface area contributed by atoms with Crippen molar-refractivity contribution in [3.05, 3.63) is 83.2 Å². The number of carbonyl (C=O) groups is 3. The van der Waals surface area contributed by atoms with Crippen LogP contribution in [0.4, 0.5) is 4.39 Å². The van der Waals surface area contributed by atoms with Gasteiger partial charge in [0.15, 0.2) is 11.5 Å². The Kier molecular flexibility index (Phi) is 9.34. The first-order valence-electron chi connectivity index (χ1n) is 13.1.